The molecule has 1 aromatic carbocycles. The zero-order chi connectivity index (χ0) is 10.7. The van der Waals surface area contributed by atoms with Gasteiger partial charge in [-0.2, -0.15) is 0 Å². The van der Waals surface area contributed by atoms with Crippen LogP contribution >= 0.6 is 0 Å². The molecule has 0 unspecified atom stereocenters. The monoisotopic (exact) mass is 200 g/mol. The predicted octanol–water partition coefficient (Wildman–Crippen LogP) is 3.07. The first kappa shape index (κ1) is 9.71. The lowest BCUT2D eigenvalue weighted by Crippen LogP contribution is -1.99. The Hall–Kier alpha value is -1.83. The molecule has 2 aromatic rings. The molecule has 0 amide bonds. The van der Waals surface area contributed by atoms with Gasteiger partial charge in [-0.15, -0.1) is 0 Å². The molecule has 0 saturated heterocycles. The molecular formula is C13H12O2. The van der Waals surface area contributed by atoms with Gasteiger partial charge in [-0.05, 0) is 24.1 Å². The third-order valence-electron chi connectivity index (χ3n) is 2.38. The molecule has 0 bridgehead atoms. The molecule has 0 radical (unpaired) electrons. The first-order valence-corrected chi connectivity index (χ1v) is 4.97. The molecule has 0 N–H and O–H groups in total. The zero-order valence-electron chi connectivity index (χ0n) is 8.57. The molecule has 0 aliphatic heterocycles. The molecule has 0 aliphatic carbocycles. The van der Waals surface area contributed by atoms with Gasteiger partial charge in [-0.25, -0.2) is 0 Å². The van der Waals surface area contributed by atoms with E-state index in [-0.39, 0.29) is 5.78 Å². The molecule has 0 atom stereocenters. The van der Waals surface area contributed by atoms with Crippen molar-refractivity contribution >= 4 is 5.78 Å². The minimum atomic E-state index is 0.0130. The Kier molecular flexibility index (Phi) is 2.68. The van der Waals surface area contributed by atoms with Gasteiger partial charge in [0.25, 0.3) is 0 Å². The van der Waals surface area contributed by atoms with Crippen LogP contribution in [0.15, 0.2) is 47.3 Å². The summed E-state index contributed by atoms with van der Waals surface area (Å²) in [6.07, 6.45) is 3.92. The van der Waals surface area contributed by atoms with Crippen LogP contribution in [0.4, 0.5) is 0 Å². The van der Waals surface area contributed by atoms with E-state index in [9.17, 15) is 4.79 Å². The average molecular weight is 200 g/mol. The zero-order valence-corrected chi connectivity index (χ0v) is 8.57. The number of rotatable bonds is 3. The molecule has 15 heavy (non-hydrogen) atoms. The van der Waals surface area contributed by atoms with E-state index in [0.717, 1.165) is 12.0 Å². The lowest BCUT2D eigenvalue weighted by Gasteiger charge is -2.00. The van der Waals surface area contributed by atoms with Gasteiger partial charge in [0.1, 0.15) is 6.26 Å². The number of aryl methyl sites for hydroxylation is 1. The average Bonchev–Trinajstić information content (AvgIpc) is 2.81. The molecule has 0 saturated carbocycles. The second-order valence-electron chi connectivity index (χ2n) is 3.40. The molecule has 0 spiro atoms. The summed E-state index contributed by atoms with van der Waals surface area (Å²) in [5.74, 6) is 0.0130. The van der Waals surface area contributed by atoms with Crippen LogP contribution in [0.3, 0.4) is 0 Å². The van der Waals surface area contributed by atoms with Gasteiger partial charge >= 0.3 is 0 Å². The van der Waals surface area contributed by atoms with E-state index in [1.54, 1.807) is 6.07 Å². The number of hydrogen-bond acceptors (Lipinski definition) is 2. The standard InChI is InChI=1S/C13H12O2/c1-2-10-4-3-5-11(8-10)13(14)12-6-7-15-9-12/h3-9H,2H2,1H3. The summed E-state index contributed by atoms with van der Waals surface area (Å²) in [7, 11) is 0. The molecule has 2 heteroatoms. The Balaban J connectivity index is 2.34. The summed E-state index contributed by atoms with van der Waals surface area (Å²) < 4.78 is 4.89. The van der Waals surface area contributed by atoms with E-state index in [1.165, 1.54) is 18.1 Å². The van der Waals surface area contributed by atoms with E-state index >= 15 is 0 Å². The Morgan fingerprint density at radius 1 is 1.27 bits per heavy atom. The molecule has 1 heterocycles. The van der Waals surface area contributed by atoms with Crippen molar-refractivity contribution in [3.05, 3.63) is 59.5 Å². The van der Waals surface area contributed by atoms with Crippen molar-refractivity contribution in [2.75, 3.05) is 0 Å². The first-order valence-electron chi connectivity index (χ1n) is 4.97. The van der Waals surface area contributed by atoms with Crippen LogP contribution in [0, 0.1) is 0 Å². The second-order valence-corrected chi connectivity index (χ2v) is 3.40. The van der Waals surface area contributed by atoms with Crippen LogP contribution in [0.1, 0.15) is 28.4 Å². The van der Waals surface area contributed by atoms with Crippen molar-refractivity contribution in [2.24, 2.45) is 0 Å². The Morgan fingerprint density at radius 3 is 2.80 bits per heavy atom. The number of ketones is 1. The van der Waals surface area contributed by atoms with Crippen LogP contribution in [0.2, 0.25) is 0 Å². The topological polar surface area (TPSA) is 30.2 Å². The maximum atomic E-state index is 11.9. The van der Waals surface area contributed by atoms with Crippen molar-refractivity contribution in [3.63, 3.8) is 0 Å². The van der Waals surface area contributed by atoms with Crippen molar-refractivity contribution in [1.82, 2.24) is 0 Å². The second kappa shape index (κ2) is 4.13. The predicted molar refractivity (Wildman–Crippen MR) is 58.0 cm³/mol. The van der Waals surface area contributed by atoms with Crippen molar-refractivity contribution in [2.45, 2.75) is 13.3 Å². The van der Waals surface area contributed by atoms with Gasteiger partial charge in [0.05, 0.1) is 11.8 Å². The summed E-state index contributed by atoms with van der Waals surface area (Å²) in [4.78, 5) is 11.9. The van der Waals surface area contributed by atoms with Gasteiger partial charge in [0.2, 0.25) is 0 Å². The number of benzene rings is 1. The van der Waals surface area contributed by atoms with Gasteiger partial charge in [-0.3, -0.25) is 4.79 Å². The van der Waals surface area contributed by atoms with Crippen LogP contribution in [0.5, 0.6) is 0 Å². The van der Waals surface area contributed by atoms with E-state index in [0.29, 0.717) is 5.56 Å². The van der Waals surface area contributed by atoms with Crippen molar-refractivity contribution in [1.29, 1.82) is 0 Å². The highest BCUT2D eigenvalue weighted by Gasteiger charge is 2.09. The summed E-state index contributed by atoms with van der Waals surface area (Å²) >= 11 is 0. The number of hydrogen-bond donors (Lipinski definition) is 0. The van der Waals surface area contributed by atoms with Gasteiger partial charge in [0, 0.05) is 5.56 Å². The fourth-order valence-electron chi connectivity index (χ4n) is 1.49. The molecule has 76 valence electrons. The van der Waals surface area contributed by atoms with Crippen LogP contribution < -0.4 is 0 Å². The lowest BCUT2D eigenvalue weighted by molar-refractivity contribution is 0.103. The highest BCUT2D eigenvalue weighted by atomic mass is 16.3. The van der Waals surface area contributed by atoms with Gasteiger partial charge in [-0.1, -0.05) is 25.1 Å². The highest BCUT2D eigenvalue weighted by Crippen LogP contribution is 2.12. The Bertz CT molecular complexity index is 455. The number of carbonyl (C=O) groups is 1. The summed E-state index contributed by atoms with van der Waals surface area (Å²) in [6, 6.07) is 9.36. The first-order chi connectivity index (χ1) is 7.31. The van der Waals surface area contributed by atoms with Crippen LogP contribution in [-0.4, -0.2) is 5.78 Å². The van der Waals surface area contributed by atoms with E-state index in [4.69, 9.17) is 4.42 Å². The van der Waals surface area contributed by atoms with Crippen LogP contribution in [-0.2, 0) is 6.42 Å². The van der Waals surface area contributed by atoms with Gasteiger partial charge in [0.15, 0.2) is 5.78 Å². The SMILES string of the molecule is CCc1cccc(C(=O)c2ccoc2)c1. The van der Waals surface area contributed by atoms with Crippen molar-refractivity contribution < 1.29 is 9.21 Å². The fraction of sp³-hybridized carbons (Fsp3) is 0.154. The fourth-order valence-corrected chi connectivity index (χ4v) is 1.49. The third-order valence-corrected chi connectivity index (χ3v) is 2.38. The van der Waals surface area contributed by atoms with E-state index in [2.05, 4.69) is 6.92 Å². The summed E-state index contributed by atoms with van der Waals surface area (Å²) in [6.45, 7) is 2.07. The van der Waals surface area contributed by atoms with E-state index in [1.807, 2.05) is 24.3 Å². The smallest absolute Gasteiger partial charge is 0.196 e. The lowest BCUT2D eigenvalue weighted by atomic mass is 10.0. The molecule has 2 rings (SSSR count). The molecule has 0 aliphatic rings. The van der Waals surface area contributed by atoms with Gasteiger partial charge < -0.3 is 4.42 Å². The van der Waals surface area contributed by atoms with E-state index < -0.39 is 0 Å². The highest BCUT2D eigenvalue weighted by molar-refractivity contribution is 6.08. The van der Waals surface area contributed by atoms with Crippen molar-refractivity contribution in [3.8, 4) is 0 Å². The normalized spacial score (nSPS) is 10.2. The number of furan rings is 1. The minimum Gasteiger partial charge on any atom is -0.472 e. The molecule has 2 nitrogen and oxygen atoms in total. The maximum absolute atomic E-state index is 11.9. The quantitative estimate of drug-likeness (QED) is 0.713. The van der Waals surface area contributed by atoms with Crippen LogP contribution in [0.25, 0.3) is 0 Å². The third kappa shape index (κ3) is 1.99. The summed E-state index contributed by atoms with van der Waals surface area (Å²) in [5.41, 5.74) is 2.49. The summed E-state index contributed by atoms with van der Waals surface area (Å²) in [5, 5.41) is 0. The molecular weight excluding hydrogens is 188 g/mol. The maximum Gasteiger partial charge on any atom is 0.196 e. The largest absolute Gasteiger partial charge is 0.472 e. The molecule has 0 fully saturated rings. The number of carbonyl (C=O) groups excluding carboxylic acids is 1. The molecule has 1 aromatic heterocycles. The minimum absolute atomic E-state index is 0.0130. The Labute approximate surface area is 88.5 Å². The Morgan fingerprint density at radius 2 is 2.13 bits per heavy atom.